The van der Waals surface area contributed by atoms with E-state index in [4.69, 9.17) is 0 Å². The molecule has 27 heavy (non-hydrogen) atoms. The van der Waals surface area contributed by atoms with E-state index >= 15 is 0 Å². The quantitative estimate of drug-likeness (QED) is 0.700. The Morgan fingerprint density at radius 1 is 1.30 bits per heavy atom. The van der Waals surface area contributed by atoms with Crippen molar-refractivity contribution in [3.63, 3.8) is 0 Å². The fourth-order valence-corrected chi connectivity index (χ4v) is 3.17. The number of amides is 1. The molecular formula is C19H27F3N2O3. The molecule has 152 valence electrons. The third-order valence-corrected chi connectivity index (χ3v) is 4.98. The van der Waals surface area contributed by atoms with E-state index in [-0.39, 0.29) is 12.2 Å². The molecule has 0 radical (unpaired) electrons. The van der Waals surface area contributed by atoms with Crippen LogP contribution in [0.1, 0.15) is 43.9 Å². The number of nitrogens with one attached hydrogen (secondary N) is 1. The van der Waals surface area contributed by atoms with Crippen LogP contribution in [0.2, 0.25) is 0 Å². The summed E-state index contributed by atoms with van der Waals surface area (Å²) in [6, 6.07) is 4.19. The molecule has 0 spiro atoms. The SMILES string of the molecule is CC(C)CNC1(CO)CCN(C(=O)C(O)c2cccc(C(F)(F)F)c2)CC1. The Bertz CT molecular complexity index is 641. The second kappa shape index (κ2) is 8.58. The number of carbonyl (C=O) groups excluding carboxylic acids is 1. The molecule has 1 aliphatic rings. The molecule has 1 heterocycles. The minimum absolute atomic E-state index is 0.0576. The van der Waals surface area contributed by atoms with Crippen molar-refractivity contribution in [3.05, 3.63) is 35.4 Å². The zero-order valence-corrected chi connectivity index (χ0v) is 15.6. The first-order chi connectivity index (χ1) is 12.6. The lowest BCUT2D eigenvalue weighted by Crippen LogP contribution is -2.57. The van der Waals surface area contributed by atoms with Gasteiger partial charge in [0.25, 0.3) is 5.91 Å². The Morgan fingerprint density at radius 2 is 1.93 bits per heavy atom. The Kier molecular flexibility index (Phi) is 6.88. The van der Waals surface area contributed by atoms with Crippen molar-refractivity contribution in [2.45, 2.75) is 44.5 Å². The molecule has 1 amide bonds. The summed E-state index contributed by atoms with van der Waals surface area (Å²) in [6.07, 6.45) is -5.15. The second-order valence-electron chi connectivity index (χ2n) is 7.56. The minimum atomic E-state index is -4.54. The van der Waals surface area contributed by atoms with Crippen LogP contribution in [0.15, 0.2) is 24.3 Å². The second-order valence-corrected chi connectivity index (χ2v) is 7.56. The maximum absolute atomic E-state index is 12.8. The normalized spacial score (nSPS) is 18.6. The molecule has 3 N–H and O–H groups in total. The van der Waals surface area contributed by atoms with E-state index in [1.807, 2.05) is 0 Å². The van der Waals surface area contributed by atoms with Crippen LogP contribution in [0.4, 0.5) is 13.2 Å². The first kappa shape index (κ1) is 21.7. The fraction of sp³-hybridized carbons (Fsp3) is 0.632. The van der Waals surface area contributed by atoms with Crippen molar-refractivity contribution in [1.29, 1.82) is 0 Å². The monoisotopic (exact) mass is 388 g/mol. The van der Waals surface area contributed by atoms with Crippen molar-refractivity contribution in [2.75, 3.05) is 26.2 Å². The lowest BCUT2D eigenvalue weighted by atomic mass is 9.87. The van der Waals surface area contributed by atoms with Gasteiger partial charge in [-0.15, -0.1) is 0 Å². The van der Waals surface area contributed by atoms with E-state index in [0.717, 1.165) is 18.7 Å². The van der Waals surface area contributed by atoms with Gasteiger partial charge in [0.1, 0.15) is 0 Å². The van der Waals surface area contributed by atoms with Crippen molar-refractivity contribution in [2.24, 2.45) is 5.92 Å². The van der Waals surface area contributed by atoms with Crippen molar-refractivity contribution in [1.82, 2.24) is 10.2 Å². The Morgan fingerprint density at radius 3 is 2.44 bits per heavy atom. The summed E-state index contributed by atoms with van der Waals surface area (Å²) in [7, 11) is 0. The largest absolute Gasteiger partial charge is 0.416 e. The van der Waals surface area contributed by atoms with Gasteiger partial charge in [-0.3, -0.25) is 4.79 Å². The van der Waals surface area contributed by atoms with E-state index < -0.39 is 29.3 Å². The average Bonchev–Trinajstić information content (AvgIpc) is 2.65. The van der Waals surface area contributed by atoms with E-state index in [2.05, 4.69) is 19.2 Å². The van der Waals surface area contributed by atoms with Gasteiger partial charge in [-0.25, -0.2) is 0 Å². The van der Waals surface area contributed by atoms with E-state index in [1.165, 1.54) is 17.0 Å². The highest BCUT2D eigenvalue weighted by atomic mass is 19.4. The molecule has 1 aromatic rings. The molecular weight excluding hydrogens is 361 g/mol. The summed E-state index contributed by atoms with van der Waals surface area (Å²) in [5.41, 5.74) is -1.45. The van der Waals surface area contributed by atoms with E-state index in [9.17, 15) is 28.2 Å². The summed E-state index contributed by atoms with van der Waals surface area (Å²) < 4.78 is 38.5. The van der Waals surface area contributed by atoms with Crippen LogP contribution in [0.3, 0.4) is 0 Å². The zero-order valence-electron chi connectivity index (χ0n) is 15.6. The number of aliphatic hydroxyl groups is 2. The standard InChI is InChI=1S/C19H27F3N2O3/c1-13(2)11-23-18(12-25)6-8-24(9-7-18)17(27)16(26)14-4-3-5-15(10-14)19(20,21)22/h3-5,10,13,16,23,25-26H,6-9,11-12H2,1-2H3. The van der Waals surface area contributed by atoms with Crippen LogP contribution in [0.25, 0.3) is 0 Å². The maximum atomic E-state index is 12.8. The predicted molar refractivity (Wildman–Crippen MR) is 94.9 cm³/mol. The van der Waals surface area contributed by atoms with Crippen LogP contribution in [0.5, 0.6) is 0 Å². The van der Waals surface area contributed by atoms with Gasteiger partial charge in [0, 0.05) is 18.6 Å². The number of hydrogen-bond donors (Lipinski definition) is 3. The first-order valence-corrected chi connectivity index (χ1v) is 9.08. The van der Waals surface area contributed by atoms with Crippen LogP contribution < -0.4 is 5.32 Å². The number of hydrogen-bond acceptors (Lipinski definition) is 4. The highest BCUT2D eigenvalue weighted by Crippen LogP contribution is 2.31. The highest BCUT2D eigenvalue weighted by Gasteiger charge is 2.37. The summed E-state index contributed by atoms with van der Waals surface area (Å²) in [5, 5.41) is 23.4. The Balaban J connectivity index is 2.03. The van der Waals surface area contributed by atoms with E-state index in [1.54, 1.807) is 0 Å². The maximum Gasteiger partial charge on any atom is 0.416 e. The number of likely N-dealkylation sites (tertiary alicyclic amines) is 1. The molecule has 1 fully saturated rings. The third kappa shape index (κ3) is 5.43. The smallest absolute Gasteiger partial charge is 0.394 e. The first-order valence-electron chi connectivity index (χ1n) is 9.08. The molecule has 1 aromatic carbocycles. The number of piperidine rings is 1. The summed E-state index contributed by atoms with van der Waals surface area (Å²) in [5.74, 6) is -0.208. The number of alkyl halides is 3. The number of aliphatic hydroxyl groups excluding tert-OH is 2. The molecule has 1 atom stereocenters. The van der Waals surface area contributed by atoms with Gasteiger partial charge >= 0.3 is 6.18 Å². The molecule has 0 aromatic heterocycles. The number of benzene rings is 1. The van der Waals surface area contributed by atoms with Crippen LogP contribution in [-0.4, -0.2) is 52.8 Å². The molecule has 8 heteroatoms. The van der Waals surface area contributed by atoms with Gasteiger partial charge in [-0.1, -0.05) is 26.0 Å². The third-order valence-electron chi connectivity index (χ3n) is 4.98. The van der Waals surface area contributed by atoms with Crippen molar-refractivity contribution >= 4 is 5.91 Å². The van der Waals surface area contributed by atoms with E-state index in [0.29, 0.717) is 31.8 Å². The summed E-state index contributed by atoms with van der Waals surface area (Å²) in [4.78, 5) is 14.0. The summed E-state index contributed by atoms with van der Waals surface area (Å²) in [6.45, 7) is 5.44. The predicted octanol–water partition coefficient (Wildman–Crippen LogP) is 2.34. The number of halogens is 3. The average molecular weight is 388 g/mol. The van der Waals surface area contributed by atoms with Crippen LogP contribution >= 0.6 is 0 Å². The molecule has 2 rings (SSSR count). The van der Waals surface area contributed by atoms with Crippen molar-refractivity contribution in [3.8, 4) is 0 Å². The van der Waals surface area contributed by atoms with Crippen LogP contribution in [-0.2, 0) is 11.0 Å². The number of nitrogens with zero attached hydrogens (tertiary/aromatic N) is 1. The van der Waals surface area contributed by atoms with Gasteiger partial charge in [-0.05, 0) is 43.0 Å². The minimum Gasteiger partial charge on any atom is -0.394 e. The van der Waals surface area contributed by atoms with Gasteiger partial charge in [0.05, 0.1) is 12.2 Å². The van der Waals surface area contributed by atoms with Gasteiger partial charge in [0.15, 0.2) is 6.10 Å². The molecule has 1 unspecified atom stereocenters. The molecule has 5 nitrogen and oxygen atoms in total. The zero-order chi connectivity index (χ0) is 20.2. The lowest BCUT2D eigenvalue weighted by molar-refractivity contribution is -0.143. The topological polar surface area (TPSA) is 72.8 Å². The molecule has 1 saturated heterocycles. The van der Waals surface area contributed by atoms with Crippen molar-refractivity contribution < 1.29 is 28.2 Å². The lowest BCUT2D eigenvalue weighted by Gasteiger charge is -2.42. The fourth-order valence-electron chi connectivity index (χ4n) is 3.17. The molecule has 0 saturated carbocycles. The van der Waals surface area contributed by atoms with Gasteiger partial charge in [-0.2, -0.15) is 13.2 Å². The van der Waals surface area contributed by atoms with Crippen LogP contribution in [0, 0.1) is 5.92 Å². The number of rotatable bonds is 6. The Hall–Kier alpha value is -1.64. The molecule has 1 aliphatic heterocycles. The molecule has 0 bridgehead atoms. The van der Waals surface area contributed by atoms with Gasteiger partial charge < -0.3 is 20.4 Å². The molecule has 0 aliphatic carbocycles. The summed E-state index contributed by atoms with van der Waals surface area (Å²) >= 11 is 0. The number of carbonyl (C=O) groups is 1. The highest BCUT2D eigenvalue weighted by molar-refractivity contribution is 5.82. The van der Waals surface area contributed by atoms with Gasteiger partial charge in [0.2, 0.25) is 0 Å². The Labute approximate surface area is 157 Å².